The number of aliphatic imine (C=N–C) groups is 1. The van der Waals surface area contributed by atoms with Crippen LogP contribution in [0.3, 0.4) is 0 Å². The molecule has 1 aromatic rings. The van der Waals surface area contributed by atoms with Crippen molar-refractivity contribution >= 4 is 5.84 Å². The van der Waals surface area contributed by atoms with Gasteiger partial charge in [-0.3, -0.25) is 4.99 Å². The normalized spacial score (nSPS) is 11.9. The van der Waals surface area contributed by atoms with Crippen LogP contribution in [0.15, 0.2) is 4.99 Å². The van der Waals surface area contributed by atoms with Crippen molar-refractivity contribution in [2.24, 2.45) is 10.7 Å². The van der Waals surface area contributed by atoms with Crippen LogP contribution in [0, 0.1) is 0 Å². The van der Waals surface area contributed by atoms with E-state index in [1.165, 1.54) is 0 Å². The maximum absolute atomic E-state index is 5.56. The summed E-state index contributed by atoms with van der Waals surface area (Å²) >= 11 is 0. The van der Waals surface area contributed by atoms with Crippen molar-refractivity contribution in [3.05, 3.63) is 5.82 Å². The van der Waals surface area contributed by atoms with Crippen LogP contribution in [0.2, 0.25) is 0 Å². The highest BCUT2D eigenvalue weighted by Crippen LogP contribution is 1.91. The second-order valence-corrected chi connectivity index (χ2v) is 2.39. The molecule has 0 spiro atoms. The van der Waals surface area contributed by atoms with Crippen molar-refractivity contribution in [3.63, 3.8) is 0 Å². The Hall–Kier alpha value is -1.46. The average Bonchev–Trinajstić information content (AvgIpc) is 2.53. The number of nitrogens with one attached hydrogen (secondary N) is 1. The highest BCUT2D eigenvalue weighted by Gasteiger charge is 1.95. The zero-order valence-corrected chi connectivity index (χ0v) is 6.99. The molecule has 0 saturated carbocycles. The first-order valence-corrected chi connectivity index (χ1v) is 3.84. The van der Waals surface area contributed by atoms with Gasteiger partial charge in [0.15, 0.2) is 5.82 Å². The van der Waals surface area contributed by atoms with Crippen molar-refractivity contribution in [2.75, 3.05) is 0 Å². The maximum Gasteiger partial charge on any atom is 0.195 e. The van der Waals surface area contributed by atoms with Crippen molar-refractivity contribution < 1.29 is 0 Å². The molecule has 0 aromatic carbocycles. The highest BCUT2D eigenvalue weighted by atomic mass is 15.5. The predicted octanol–water partition coefficient (Wildman–Crippen LogP) is -0.143. The molecule has 3 N–H and O–H groups in total. The van der Waals surface area contributed by atoms with Gasteiger partial charge in [-0.05, 0) is 6.42 Å². The van der Waals surface area contributed by atoms with E-state index in [1.54, 1.807) is 0 Å². The van der Waals surface area contributed by atoms with Crippen LogP contribution in [0.5, 0.6) is 0 Å². The number of amidine groups is 1. The van der Waals surface area contributed by atoms with Crippen LogP contribution in [0.1, 0.15) is 25.6 Å². The third-order valence-electron chi connectivity index (χ3n) is 1.32. The van der Waals surface area contributed by atoms with Gasteiger partial charge in [0.05, 0.1) is 5.84 Å². The lowest BCUT2D eigenvalue weighted by atomic mass is 10.3. The van der Waals surface area contributed by atoms with Crippen LogP contribution in [-0.2, 0) is 6.54 Å². The van der Waals surface area contributed by atoms with E-state index in [1.807, 2.05) is 0 Å². The fraction of sp³-hybridized carbons (Fsp3) is 0.667. The zero-order chi connectivity index (χ0) is 8.81. The van der Waals surface area contributed by atoms with Crippen LogP contribution in [-0.4, -0.2) is 26.5 Å². The lowest BCUT2D eigenvalue weighted by Gasteiger charge is -1.94. The van der Waals surface area contributed by atoms with E-state index in [9.17, 15) is 0 Å². The number of tetrazole rings is 1. The number of nitrogens with two attached hydrogens (primary N) is 1. The Bertz CT molecular complexity index is 239. The molecule has 1 rings (SSSR count). The summed E-state index contributed by atoms with van der Waals surface area (Å²) in [4.78, 5) is 4.07. The molecule has 0 aliphatic heterocycles. The predicted molar refractivity (Wildman–Crippen MR) is 44.4 cm³/mol. The van der Waals surface area contributed by atoms with E-state index < -0.39 is 0 Å². The third-order valence-corrected chi connectivity index (χ3v) is 1.32. The number of H-pyrrole nitrogens is 1. The van der Waals surface area contributed by atoms with Gasteiger partial charge in [-0.1, -0.05) is 12.1 Å². The quantitative estimate of drug-likeness (QED) is 0.483. The van der Waals surface area contributed by atoms with Crippen LogP contribution >= 0.6 is 0 Å². The number of aromatic nitrogens is 4. The Kier molecular flexibility index (Phi) is 3.18. The molecule has 0 unspecified atom stereocenters. The zero-order valence-electron chi connectivity index (χ0n) is 6.99. The molecule has 0 fully saturated rings. The summed E-state index contributed by atoms with van der Waals surface area (Å²) in [6, 6.07) is 0. The van der Waals surface area contributed by atoms with Gasteiger partial charge in [0.25, 0.3) is 0 Å². The SMILES string of the molecule is CCCC(N)=NCc1nn[nH]n1. The molecular formula is C6H12N6. The molecule has 6 nitrogen and oxygen atoms in total. The van der Waals surface area contributed by atoms with Gasteiger partial charge in [0.2, 0.25) is 0 Å². The van der Waals surface area contributed by atoms with Crippen molar-refractivity contribution in [2.45, 2.75) is 26.3 Å². The van der Waals surface area contributed by atoms with Crippen LogP contribution in [0.25, 0.3) is 0 Å². The molecule has 6 heteroatoms. The van der Waals surface area contributed by atoms with E-state index in [4.69, 9.17) is 5.73 Å². The van der Waals surface area contributed by atoms with Gasteiger partial charge in [0.1, 0.15) is 6.54 Å². The Morgan fingerprint density at radius 2 is 2.50 bits per heavy atom. The molecule has 0 atom stereocenters. The first kappa shape index (κ1) is 8.63. The van der Waals surface area contributed by atoms with Gasteiger partial charge in [0, 0.05) is 6.42 Å². The molecule has 0 bridgehead atoms. The molecule has 0 aliphatic carbocycles. The van der Waals surface area contributed by atoms with Crippen molar-refractivity contribution in [1.82, 2.24) is 20.6 Å². The first-order valence-electron chi connectivity index (χ1n) is 3.84. The lowest BCUT2D eigenvalue weighted by molar-refractivity contribution is 0.881. The third kappa shape index (κ3) is 2.65. The minimum absolute atomic E-state index is 0.405. The molecule has 0 aliphatic rings. The topological polar surface area (TPSA) is 92.8 Å². The van der Waals surface area contributed by atoms with Crippen molar-refractivity contribution in [1.29, 1.82) is 0 Å². The van der Waals surface area contributed by atoms with E-state index in [2.05, 4.69) is 32.5 Å². The number of aromatic amines is 1. The molecular weight excluding hydrogens is 156 g/mol. The molecule has 12 heavy (non-hydrogen) atoms. The summed E-state index contributed by atoms with van der Waals surface area (Å²) in [5, 5.41) is 13.2. The first-order chi connectivity index (χ1) is 5.83. The Morgan fingerprint density at radius 3 is 3.08 bits per heavy atom. The van der Waals surface area contributed by atoms with Crippen molar-refractivity contribution in [3.8, 4) is 0 Å². The van der Waals surface area contributed by atoms with Gasteiger partial charge in [-0.15, -0.1) is 10.2 Å². The van der Waals surface area contributed by atoms with E-state index >= 15 is 0 Å². The Labute approximate surface area is 70.3 Å². The van der Waals surface area contributed by atoms with Gasteiger partial charge < -0.3 is 5.73 Å². The summed E-state index contributed by atoms with van der Waals surface area (Å²) in [6.07, 6.45) is 1.82. The number of nitrogens with zero attached hydrogens (tertiary/aromatic N) is 4. The average molecular weight is 168 g/mol. The number of hydrogen-bond acceptors (Lipinski definition) is 4. The smallest absolute Gasteiger partial charge is 0.195 e. The van der Waals surface area contributed by atoms with E-state index in [0.29, 0.717) is 18.2 Å². The van der Waals surface area contributed by atoms with E-state index in [-0.39, 0.29) is 0 Å². The van der Waals surface area contributed by atoms with E-state index in [0.717, 1.165) is 12.8 Å². The fourth-order valence-corrected chi connectivity index (χ4v) is 0.757. The second-order valence-electron chi connectivity index (χ2n) is 2.39. The Morgan fingerprint density at radius 1 is 1.67 bits per heavy atom. The minimum atomic E-state index is 0.405. The maximum atomic E-state index is 5.56. The number of hydrogen-bond donors (Lipinski definition) is 2. The lowest BCUT2D eigenvalue weighted by Crippen LogP contribution is -2.11. The van der Waals surface area contributed by atoms with Crippen LogP contribution < -0.4 is 5.73 Å². The Balaban J connectivity index is 2.38. The van der Waals surface area contributed by atoms with Crippen LogP contribution in [0.4, 0.5) is 0 Å². The standard InChI is InChI=1S/C6H12N6/c1-2-3-5(7)8-4-6-9-11-12-10-6/h2-4H2,1H3,(H2,7,8)(H,9,10,11,12). The number of rotatable bonds is 4. The van der Waals surface area contributed by atoms with Gasteiger partial charge in [-0.25, -0.2) is 0 Å². The summed E-state index contributed by atoms with van der Waals surface area (Å²) in [5.74, 6) is 1.20. The van der Waals surface area contributed by atoms with Gasteiger partial charge >= 0.3 is 0 Å². The molecule has 0 saturated heterocycles. The minimum Gasteiger partial charge on any atom is -0.387 e. The molecule has 1 heterocycles. The fourth-order valence-electron chi connectivity index (χ4n) is 0.757. The summed E-state index contributed by atoms with van der Waals surface area (Å²) in [7, 11) is 0. The summed E-state index contributed by atoms with van der Waals surface area (Å²) in [5.41, 5.74) is 5.56. The largest absolute Gasteiger partial charge is 0.387 e. The molecule has 1 aromatic heterocycles. The molecule has 0 amide bonds. The second kappa shape index (κ2) is 4.42. The summed E-state index contributed by atoms with van der Waals surface area (Å²) < 4.78 is 0. The summed E-state index contributed by atoms with van der Waals surface area (Å²) in [6.45, 7) is 2.46. The van der Waals surface area contributed by atoms with Gasteiger partial charge in [-0.2, -0.15) is 5.21 Å². The molecule has 66 valence electrons. The highest BCUT2D eigenvalue weighted by molar-refractivity contribution is 5.80. The molecule has 0 radical (unpaired) electrons. The monoisotopic (exact) mass is 168 g/mol.